The molecule has 2 rings (SSSR count). The molecule has 86 valence electrons. The highest BCUT2D eigenvalue weighted by Crippen LogP contribution is 2.52. The minimum absolute atomic E-state index is 0.0357. The normalized spacial score (nSPS) is 19.0. The van der Waals surface area contributed by atoms with E-state index in [0.29, 0.717) is 0 Å². The lowest BCUT2D eigenvalue weighted by atomic mass is 10.3. The van der Waals surface area contributed by atoms with Crippen molar-refractivity contribution in [2.45, 2.75) is 24.6 Å². The minimum Gasteiger partial charge on any atom is -0.275 e. The van der Waals surface area contributed by atoms with Gasteiger partial charge in [-0.2, -0.15) is 13.2 Å². The fourth-order valence-corrected chi connectivity index (χ4v) is 1.28. The lowest BCUT2D eigenvalue weighted by molar-refractivity contribution is -0.155. The number of aliphatic imine (C=N–C) groups is 1. The van der Waals surface area contributed by atoms with E-state index in [2.05, 4.69) is 15.0 Å². The maximum absolute atomic E-state index is 12.5. The van der Waals surface area contributed by atoms with Crippen LogP contribution < -0.4 is 0 Å². The van der Waals surface area contributed by atoms with Gasteiger partial charge in [0.15, 0.2) is 5.54 Å². The van der Waals surface area contributed by atoms with Gasteiger partial charge in [-0.3, -0.25) is 9.98 Å². The Kier molecular flexibility index (Phi) is 2.61. The monoisotopic (exact) mass is 249 g/mol. The lowest BCUT2D eigenvalue weighted by Crippen LogP contribution is -2.29. The number of aromatic nitrogens is 2. The van der Waals surface area contributed by atoms with E-state index in [4.69, 9.17) is 11.6 Å². The first-order valence-corrected chi connectivity index (χ1v) is 4.90. The molecule has 0 radical (unpaired) electrons. The van der Waals surface area contributed by atoms with Gasteiger partial charge in [0.25, 0.3) is 0 Å². The zero-order valence-electron chi connectivity index (χ0n) is 8.00. The van der Waals surface area contributed by atoms with Crippen LogP contribution in [0.3, 0.4) is 0 Å². The van der Waals surface area contributed by atoms with E-state index >= 15 is 0 Å². The highest BCUT2D eigenvalue weighted by molar-refractivity contribution is 6.29. The van der Waals surface area contributed by atoms with Gasteiger partial charge in [0.2, 0.25) is 0 Å². The van der Waals surface area contributed by atoms with Crippen LogP contribution >= 0.6 is 11.6 Å². The number of hydrogen-bond donors (Lipinski definition) is 0. The van der Waals surface area contributed by atoms with Gasteiger partial charge in [0.05, 0.1) is 18.1 Å². The fraction of sp³-hybridized carbons (Fsp3) is 0.444. The quantitative estimate of drug-likeness (QED) is 0.756. The van der Waals surface area contributed by atoms with Crippen molar-refractivity contribution < 1.29 is 13.2 Å². The maximum atomic E-state index is 12.5. The molecular weight excluding hydrogens is 243 g/mol. The first-order chi connectivity index (χ1) is 7.43. The summed E-state index contributed by atoms with van der Waals surface area (Å²) in [6, 6.07) is 0. The largest absolute Gasteiger partial charge is 0.413 e. The van der Waals surface area contributed by atoms with Crippen LogP contribution in [0.25, 0.3) is 0 Å². The smallest absolute Gasteiger partial charge is 0.275 e. The highest BCUT2D eigenvalue weighted by atomic mass is 35.5. The third-order valence-corrected chi connectivity index (χ3v) is 2.53. The molecule has 1 heterocycles. The number of nitrogens with zero attached hydrogens (tertiary/aromatic N) is 3. The van der Waals surface area contributed by atoms with Crippen LogP contribution in [-0.2, 0) is 0 Å². The Bertz CT molecular complexity index is 409. The summed E-state index contributed by atoms with van der Waals surface area (Å²) in [6.45, 7) is 0. The van der Waals surface area contributed by atoms with Crippen LogP contribution in [0.15, 0.2) is 17.4 Å². The van der Waals surface area contributed by atoms with E-state index in [1.54, 1.807) is 0 Å². The van der Waals surface area contributed by atoms with Crippen molar-refractivity contribution in [1.29, 1.82) is 0 Å². The summed E-state index contributed by atoms with van der Waals surface area (Å²) in [7, 11) is 0. The van der Waals surface area contributed by atoms with Crippen LogP contribution in [-0.4, -0.2) is 27.9 Å². The molecule has 0 spiro atoms. The standard InChI is InChI=1S/C9H7ClF3N3/c10-7-5-14-6(3-15-7)4-16-8(1-2-8)9(11,12)13/h3-5H,1-2H2. The van der Waals surface area contributed by atoms with Crippen molar-refractivity contribution >= 4 is 17.8 Å². The van der Waals surface area contributed by atoms with Gasteiger partial charge in [0.1, 0.15) is 5.15 Å². The topological polar surface area (TPSA) is 38.1 Å². The number of rotatable bonds is 2. The Hall–Kier alpha value is -1.17. The Morgan fingerprint density at radius 1 is 1.31 bits per heavy atom. The summed E-state index contributed by atoms with van der Waals surface area (Å²) in [5, 5.41) is 0.189. The summed E-state index contributed by atoms with van der Waals surface area (Å²) in [5.74, 6) is 0. The van der Waals surface area contributed by atoms with Gasteiger partial charge < -0.3 is 0 Å². The predicted octanol–water partition coefficient (Wildman–Crippen LogP) is 2.64. The first-order valence-electron chi connectivity index (χ1n) is 4.52. The lowest BCUT2D eigenvalue weighted by Gasteiger charge is -2.13. The zero-order chi connectivity index (χ0) is 11.8. The van der Waals surface area contributed by atoms with Crippen molar-refractivity contribution in [2.24, 2.45) is 4.99 Å². The third-order valence-electron chi connectivity index (χ3n) is 2.34. The zero-order valence-corrected chi connectivity index (χ0v) is 8.76. The number of hydrogen-bond acceptors (Lipinski definition) is 3. The molecule has 3 nitrogen and oxygen atoms in total. The average molecular weight is 250 g/mol. The van der Waals surface area contributed by atoms with Crippen molar-refractivity contribution in [3.05, 3.63) is 23.2 Å². The molecule has 1 aromatic rings. The second-order valence-electron chi connectivity index (χ2n) is 3.55. The minimum atomic E-state index is -4.29. The van der Waals surface area contributed by atoms with Gasteiger partial charge >= 0.3 is 6.18 Å². The summed E-state index contributed by atoms with van der Waals surface area (Å²) < 4.78 is 37.5. The van der Waals surface area contributed by atoms with Crippen molar-refractivity contribution in [2.75, 3.05) is 0 Å². The highest BCUT2D eigenvalue weighted by Gasteiger charge is 2.63. The first kappa shape index (κ1) is 11.3. The molecule has 1 aliphatic carbocycles. The molecule has 0 N–H and O–H groups in total. The third kappa shape index (κ3) is 2.16. The van der Waals surface area contributed by atoms with E-state index in [-0.39, 0.29) is 23.7 Å². The van der Waals surface area contributed by atoms with E-state index < -0.39 is 11.7 Å². The van der Waals surface area contributed by atoms with Crippen LogP contribution in [0.2, 0.25) is 5.15 Å². The molecule has 0 saturated heterocycles. The SMILES string of the molecule is FC(F)(F)C1(N=Cc2cnc(Cl)cn2)CC1. The number of halogens is 4. The second kappa shape index (κ2) is 3.69. The molecule has 0 aliphatic heterocycles. The molecule has 0 aromatic carbocycles. The maximum Gasteiger partial charge on any atom is 0.413 e. The number of alkyl halides is 3. The van der Waals surface area contributed by atoms with E-state index in [0.717, 1.165) is 6.21 Å². The molecular formula is C9H7ClF3N3. The molecule has 1 saturated carbocycles. The molecule has 1 aromatic heterocycles. The summed E-state index contributed by atoms with van der Waals surface area (Å²) in [6.07, 6.45) is -0.594. The summed E-state index contributed by atoms with van der Waals surface area (Å²) in [4.78, 5) is 11.0. The predicted molar refractivity (Wildman–Crippen MR) is 52.7 cm³/mol. The Balaban J connectivity index is 2.13. The van der Waals surface area contributed by atoms with Crippen LogP contribution in [0, 0.1) is 0 Å². The molecule has 0 unspecified atom stereocenters. The van der Waals surface area contributed by atoms with Crippen molar-refractivity contribution in [3.63, 3.8) is 0 Å². The van der Waals surface area contributed by atoms with Gasteiger partial charge in [-0.05, 0) is 12.8 Å². The Morgan fingerprint density at radius 2 is 2.00 bits per heavy atom. The molecule has 0 bridgehead atoms. The van der Waals surface area contributed by atoms with Crippen LogP contribution in [0.4, 0.5) is 13.2 Å². The van der Waals surface area contributed by atoms with Gasteiger partial charge in [0, 0.05) is 6.21 Å². The Labute approximate surface area is 94.4 Å². The summed E-state index contributed by atoms with van der Waals surface area (Å²) in [5.41, 5.74) is -1.63. The van der Waals surface area contributed by atoms with Crippen LogP contribution in [0.1, 0.15) is 18.5 Å². The van der Waals surface area contributed by atoms with Gasteiger partial charge in [-0.1, -0.05) is 11.6 Å². The molecule has 1 aliphatic rings. The van der Waals surface area contributed by atoms with E-state index in [1.165, 1.54) is 12.4 Å². The van der Waals surface area contributed by atoms with Gasteiger partial charge in [-0.25, -0.2) is 4.98 Å². The molecule has 0 atom stereocenters. The van der Waals surface area contributed by atoms with E-state index in [9.17, 15) is 13.2 Å². The molecule has 1 fully saturated rings. The van der Waals surface area contributed by atoms with Crippen LogP contribution in [0.5, 0.6) is 0 Å². The fourth-order valence-electron chi connectivity index (χ4n) is 1.18. The molecule has 7 heteroatoms. The Morgan fingerprint density at radius 3 is 2.44 bits per heavy atom. The molecule has 16 heavy (non-hydrogen) atoms. The van der Waals surface area contributed by atoms with Crippen molar-refractivity contribution in [1.82, 2.24) is 9.97 Å². The van der Waals surface area contributed by atoms with Crippen molar-refractivity contribution in [3.8, 4) is 0 Å². The van der Waals surface area contributed by atoms with E-state index in [1.807, 2.05) is 0 Å². The molecule has 0 amide bonds. The average Bonchev–Trinajstić information content (AvgIpc) is 2.97. The second-order valence-corrected chi connectivity index (χ2v) is 3.94. The summed E-state index contributed by atoms with van der Waals surface area (Å²) >= 11 is 5.49. The van der Waals surface area contributed by atoms with Gasteiger partial charge in [-0.15, -0.1) is 0 Å².